The maximum atomic E-state index is 12.1. The highest BCUT2D eigenvalue weighted by Crippen LogP contribution is 2.29. The number of hydrogen-bond acceptors (Lipinski definition) is 3. The average molecular weight is 301 g/mol. The number of nitrogens with one attached hydrogen (secondary N) is 2. The second kappa shape index (κ2) is 6.59. The van der Waals surface area contributed by atoms with Gasteiger partial charge in [-0.3, -0.25) is 9.48 Å². The normalized spacial score (nSPS) is 21.1. The molecule has 2 rings (SSSR count). The summed E-state index contributed by atoms with van der Waals surface area (Å²) in [5.41, 5.74) is 1.67. The smallest absolute Gasteiger partial charge is 0.254 e. The van der Waals surface area contributed by atoms with Crippen LogP contribution in [0, 0.1) is 12.3 Å². The summed E-state index contributed by atoms with van der Waals surface area (Å²) in [5.74, 6) is -0.0335. The molecule has 1 aromatic rings. The minimum Gasteiger partial charge on any atom is -0.350 e. The van der Waals surface area contributed by atoms with Crippen LogP contribution in [0.5, 0.6) is 0 Å². The van der Waals surface area contributed by atoms with Gasteiger partial charge in [0.25, 0.3) is 5.91 Å². The number of amides is 1. The van der Waals surface area contributed by atoms with Crippen molar-refractivity contribution in [3.05, 3.63) is 17.5 Å². The Morgan fingerprint density at radius 3 is 2.85 bits per heavy atom. The summed E-state index contributed by atoms with van der Waals surface area (Å²) in [4.78, 5) is 12.1. The van der Waals surface area contributed by atoms with Gasteiger partial charge in [-0.05, 0) is 31.7 Å². The van der Waals surface area contributed by atoms with Gasteiger partial charge in [-0.2, -0.15) is 5.10 Å². The molecule has 0 saturated carbocycles. The van der Waals surface area contributed by atoms with Crippen LogP contribution in [-0.2, 0) is 7.05 Å². The van der Waals surface area contributed by atoms with Crippen molar-refractivity contribution in [2.45, 2.75) is 39.7 Å². The minimum atomic E-state index is -0.0335. The maximum Gasteiger partial charge on any atom is 0.254 e. The lowest BCUT2D eigenvalue weighted by Crippen LogP contribution is -2.52. The summed E-state index contributed by atoms with van der Waals surface area (Å²) in [6.45, 7) is 8.07. The molecule has 6 heteroatoms. The Morgan fingerprint density at radius 2 is 2.30 bits per heavy atom. The van der Waals surface area contributed by atoms with Crippen molar-refractivity contribution in [2.75, 3.05) is 13.1 Å². The molecule has 0 bridgehead atoms. The van der Waals surface area contributed by atoms with Crippen LogP contribution in [0.4, 0.5) is 0 Å². The van der Waals surface area contributed by atoms with Crippen LogP contribution in [0.2, 0.25) is 0 Å². The number of hydrogen-bond donors (Lipinski definition) is 2. The molecule has 0 spiro atoms. The second-order valence-corrected chi connectivity index (χ2v) is 6.11. The first-order valence-electron chi connectivity index (χ1n) is 6.92. The molecule has 1 aliphatic rings. The van der Waals surface area contributed by atoms with Crippen LogP contribution in [0.3, 0.4) is 0 Å². The minimum absolute atomic E-state index is 0. The number of piperidine rings is 1. The Bertz CT molecular complexity index is 470. The van der Waals surface area contributed by atoms with Crippen LogP contribution in [0.1, 0.15) is 42.7 Å². The summed E-state index contributed by atoms with van der Waals surface area (Å²) in [5, 5.41) is 10.7. The molecule has 2 N–H and O–H groups in total. The number of rotatable bonds is 3. The highest BCUT2D eigenvalue weighted by molar-refractivity contribution is 5.95. The van der Waals surface area contributed by atoms with E-state index >= 15 is 0 Å². The van der Waals surface area contributed by atoms with E-state index in [1.807, 2.05) is 14.0 Å². The van der Waals surface area contributed by atoms with Gasteiger partial charge in [-0.15, -0.1) is 12.4 Å². The molecule has 20 heavy (non-hydrogen) atoms. The third kappa shape index (κ3) is 3.73. The molecule has 1 saturated heterocycles. The number of halogens is 1. The lowest BCUT2D eigenvalue weighted by Gasteiger charge is -2.39. The Kier molecular flexibility index (Phi) is 5.59. The average Bonchev–Trinajstić information content (AvgIpc) is 2.66. The lowest BCUT2D eigenvalue weighted by molar-refractivity contribution is 0.0928. The zero-order valence-corrected chi connectivity index (χ0v) is 13.5. The molecule has 1 aromatic heterocycles. The molecule has 1 amide bonds. The summed E-state index contributed by atoms with van der Waals surface area (Å²) in [7, 11) is 1.83. The molecule has 1 aliphatic heterocycles. The van der Waals surface area contributed by atoms with Gasteiger partial charge in [-0.25, -0.2) is 0 Å². The number of aromatic nitrogens is 2. The summed E-state index contributed by atoms with van der Waals surface area (Å²) in [6.07, 6.45) is 4.18. The molecule has 1 atom stereocenters. The topological polar surface area (TPSA) is 59.0 Å². The van der Waals surface area contributed by atoms with E-state index in [0.717, 1.165) is 12.2 Å². The summed E-state index contributed by atoms with van der Waals surface area (Å²) < 4.78 is 1.67. The number of carbonyl (C=O) groups is 1. The van der Waals surface area contributed by atoms with Gasteiger partial charge in [0, 0.05) is 25.8 Å². The van der Waals surface area contributed by atoms with E-state index in [-0.39, 0.29) is 23.7 Å². The standard InChI is InChI=1S/C14H24N4O.ClH/c1-10-11(9-18(4)17-10)13(19)16-8-12-14(2,3)6-5-7-15-12;/h9,12,15H,5-8H2,1-4H3,(H,16,19);1H. The number of carbonyl (C=O) groups excluding carboxylic acids is 1. The van der Waals surface area contributed by atoms with Crippen LogP contribution in [0.25, 0.3) is 0 Å². The first-order valence-corrected chi connectivity index (χ1v) is 6.92. The van der Waals surface area contributed by atoms with Gasteiger partial charge in [0.1, 0.15) is 0 Å². The van der Waals surface area contributed by atoms with E-state index in [1.165, 1.54) is 12.8 Å². The third-order valence-corrected chi connectivity index (χ3v) is 4.06. The summed E-state index contributed by atoms with van der Waals surface area (Å²) in [6, 6.07) is 0.335. The SMILES string of the molecule is Cc1nn(C)cc1C(=O)NCC1NCCCC1(C)C.Cl. The fourth-order valence-electron chi connectivity index (χ4n) is 2.73. The second-order valence-electron chi connectivity index (χ2n) is 6.11. The monoisotopic (exact) mass is 300 g/mol. The fraction of sp³-hybridized carbons (Fsp3) is 0.714. The van der Waals surface area contributed by atoms with Gasteiger partial charge in [0.2, 0.25) is 0 Å². The Morgan fingerprint density at radius 1 is 1.60 bits per heavy atom. The Balaban J connectivity index is 0.00000200. The predicted molar refractivity (Wildman–Crippen MR) is 82.3 cm³/mol. The first-order chi connectivity index (χ1) is 8.90. The van der Waals surface area contributed by atoms with Crippen molar-refractivity contribution < 1.29 is 4.79 Å². The molecular weight excluding hydrogens is 276 g/mol. The number of nitrogens with zero attached hydrogens (tertiary/aromatic N) is 2. The fourth-order valence-corrected chi connectivity index (χ4v) is 2.73. The van der Waals surface area contributed by atoms with E-state index in [2.05, 4.69) is 29.6 Å². The molecule has 0 aliphatic carbocycles. The molecule has 1 unspecified atom stereocenters. The molecule has 114 valence electrons. The van der Waals surface area contributed by atoms with Crippen molar-refractivity contribution in [3.8, 4) is 0 Å². The molecule has 2 heterocycles. The van der Waals surface area contributed by atoms with Gasteiger partial charge in [0.15, 0.2) is 0 Å². The van der Waals surface area contributed by atoms with Crippen molar-refractivity contribution in [2.24, 2.45) is 12.5 Å². The van der Waals surface area contributed by atoms with Gasteiger partial charge in [0.05, 0.1) is 11.3 Å². The number of aryl methyl sites for hydroxylation is 2. The zero-order chi connectivity index (χ0) is 14.0. The molecular formula is C14H25ClN4O. The molecule has 5 nitrogen and oxygen atoms in total. The summed E-state index contributed by atoms with van der Waals surface area (Å²) >= 11 is 0. The van der Waals surface area contributed by atoms with Crippen LogP contribution in [-0.4, -0.2) is 34.8 Å². The van der Waals surface area contributed by atoms with Crippen LogP contribution in [0.15, 0.2) is 6.20 Å². The quantitative estimate of drug-likeness (QED) is 0.892. The lowest BCUT2D eigenvalue weighted by atomic mass is 9.77. The first kappa shape index (κ1) is 17.0. The Labute approximate surface area is 126 Å². The molecule has 0 aromatic carbocycles. The van der Waals surface area contributed by atoms with E-state index in [0.29, 0.717) is 18.2 Å². The van der Waals surface area contributed by atoms with Gasteiger partial charge < -0.3 is 10.6 Å². The van der Waals surface area contributed by atoms with Gasteiger partial charge >= 0.3 is 0 Å². The van der Waals surface area contributed by atoms with Crippen molar-refractivity contribution in [1.29, 1.82) is 0 Å². The van der Waals surface area contributed by atoms with E-state index in [9.17, 15) is 4.79 Å². The molecule has 0 radical (unpaired) electrons. The highest BCUT2D eigenvalue weighted by atomic mass is 35.5. The third-order valence-electron chi connectivity index (χ3n) is 4.06. The van der Waals surface area contributed by atoms with Crippen molar-refractivity contribution in [1.82, 2.24) is 20.4 Å². The van der Waals surface area contributed by atoms with E-state index in [4.69, 9.17) is 0 Å². The van der Waals surface area contributed by atoms with E-state index in [1.54, 1.807) is 10.9 Å². The van der Waals surface area contributed by atoms with E-state index < -0.39 is 0 Å². The van der Waals surface area contributed by atoms with Crippen LogP contribution < -0.4 is 10.6 Å². The molecule has 1 fully saturated rings. The largest absolute Gasteiger partial charge is 0.350 e. The van der Waals surface area contributed by atoms with Crippen molar-refractivity contribution in [3.63, 3.8) is 0 Å². The highest BCUT2D eigenvalue weighted by Gasteiger charge is 2.32. The Hall–Kier alpha value is -1.07. The predicted octanol–water partition coefficient (Wildman–Crippen LogP) is 1.66. The van der Waals surface area contributed by atoms with Gasteiger partial charge in [-0.1, -0.05) is 13.8 Å². The zero-order valence-electron chi connectivity index (χ0n) is 12.7. The van der Waals surface area contributed by atoms with Crippen molar-refractivity contribution >= 4 is 18.3 Å². The van der Waals surface area contributed by atoms with Crippen LogP contribution >= 0.6 is 12.4 Å². The maximum absolute atomic E-state index is 12.1.